The minimum absolute atomic E-state index is 0.0134. The van der Waals surface area contributed by atoms with Crippen LogP contribution in [0.1, 0.15) is 19.4 Å². The number of hydrogen-bond acceptors (Lipinski definition) is 4. The molecule has 0 bridgehead atoms. The predicted octanol–water partition coefficient (Wildman–Crippen LogP) is 2.99. The van der Waals surface area contributed by atoms with Crippen LogP contribution in [-0.4, -0.2) is 24.5 Å². The van der Waals surface area contributed by atoms with E-state index < -0.39 is 0 Å². The van der Waals surface area contributed by atoms with Crippen LogP contribution in [0.5, 0.6) is 11.5 Å². The van der Waals surface area contributed by atoms with E-state index in [4.69, 9.17) is 9.47 Å². The molecule has 0 saturated carbocycles. The van der Waals surface area contributed by atoms with Gasteiger partial charge in [0.05, 0.1) is 23.9 Å². The standard InChI is InChI=1S/C19H20N2O4/c1-12(2)25-17-6-4-3-5-14(17)20-18(22)10-13-7-8-16-15(9-13)21-19(23)11-24-16/h3-9,12H,10-11H2,1-2H3,(H,20,22)(H,21,23). The summed E-state index contributed by atoms with van der Waals surface area (Å²) in [7, 11) is 0. The average molecular weight is 340 g/mol. The van der Waals surface area contributed by atoms with Crippen LogP contribution < -0.4 is 20.1 Å². The zero-order valence-electron chi connectivity index (χ0n) is 14.2. The third kappa shape index (κ3) is 4.29. The van der Waals surface area contributed by atoms with Gasteiger partial charge in [0, 0.05) is 0 Å². The van der Waals surface area contributed by atoms with Crippen LogP contribution in [0.15, 0.2) is 42.5 Å². The van der Waals surface area contributed by atoms with Crippen molar-refractivity contribution in [3.8, 4) is 11.5 Å². The van der Waals surface area contributed by atoms with Gasteiger partial charge in [-0.05, 0) is 43.7 Å². The van der Waals surface area contributed by atoms with Crippen molar-refractivity contribution in [2.75, 3.05) is 17.2 Å². The molecule has 2 aromatic carbocycles. The molecule has 0 aliphatic carbocycles. The Balaban J connectivity index is 1.69. The SMILES string of the molecule is CC(C)Oc1ccccc1NC(=O)Cc1ccc2c(c1)NC(=O)CO2. The molecule has 2 N–H and O–H groups in total. The molecule has 6 heteroatoms. The molecule has 3 rings (SSSR count). The molecular weight excluding hydrogens is 320 g/mol. The topological polar surface area (TPSA) is 76.7 Å². The van der Waals surface area contributed by atoms with Crippen LogP contribution in [0.3, 0.4) is 0 Å². The van der Waals surface area contributed by atoms with Gasteiger partial charge >= 0.3 is 0 Å². The third-order valence-electron chi connectivity index (χ3n) is 3.57. The van der Waals surface area contributed by atoms with E-state index in [-0.39, 0.29) is 30.9 Å². The summed E-state index contributed by atoms with van der Waals surface area (Å²) in [6.07, 6.45) is 0.196. The van der Waals surface area contributed by atoms with Gasteiger partial charge in [-0.2, -0.15) is 0 Å². The molecule has 1 aliphatic heterocycles. The van der Waals surface area contributed by atoms with E-state index >= 15 is 0 Å². The van der Waals surface area contributed by atoms with Crippen molar-refractivity contribution in [1.29, 1.82) is 0 Å². The largest absolute Gasteiger partial charge is 0.489 e. The van der Waals surface area contributed by atoms with Crippen LogP contribution in [0.25, 0.3) is 0 Å². The van der Waals surface area contributed by atoms with E-state index in [1.807, 2.05) is 38.1 Å². The fourth-order valence-corrected chi connectivity index (χ4v) is 2.55. The summed E-state index contributed by atoms with van der Waals surface area (Å²) in [5.41, 5.74) is 2.00. The maximum Gasteiger partial charge on any atom is 0.262 e. The highest BCUT2D eigenvalue weighted by Gasteiger charge is 2.17. The molecule has 6 nitrogen and oxygen atoms in total. The molecule has 25 heavy (non-hydrogen) atoms. The summed E-state index contributed by atoms with van der Waals surface area (Å²) in [6.45, 7) is 3.88. The van der Waals surface area contributed by atoms with E-state index in [2.05, 4.69) is 10.6 Å². The van der Waals surface area contributed by atoms with Crippen LogP contribution >= 0.6 is 0 Å². The van der Waals surface area contributed by atoms with Gasteiger partial charge < -0.3 is 20.1 Å². The summed E-state index contributed by atoms with van der Waals surface area (Å²) >= 11 is 0. The van der Waals surface area contributed by atoms with Crippen LogP contribution in [0.4, 0.5) is 11.4 Å². The van der Waals surface area contributed by atoms with Gasteiger partial charge in [0.2, 0.25) is 5.91 Å². The van der Waals surface area contributed by atoms with Gasteiger partial charge in [-0.3, -0.25) is 9.59 Å². The first kappa shape index (κ1) is 16.8. The number of amides is 2. The van der Waals surface area contributed by atoms with Gasteiger partial charge in [0.15, 0.2) is 6.61 Å². The Morgan fingerprint density at radius 2 is 2.08 bits per heavy atom. The number of benzene rings is 2. The smallest absolute Gasteiger partial charge is 0.262 e. The highest BCUT2D eigenvalue weighted by Crippen LogP contribution is 2.29. The summed E-state index contributed by atoms with van der Waals surface area (Å²) in [6, 6.07) is 12.6. The molecule has 0 atom stereocenters. The van der Waals surface area contributed by atoms with E-state index in [0.717, 1.165) is 5.56 Å². The average Bonchev–Trinajstić information content (AvgIpc) is 2.56. The lowest BCUT2D eigenvalue weighted by Gasteiger charge is -2.18. The minimum atomic E-state index is -0.200. The van der Waals surface area contributed by atoms with Crippen molar-refractivity contribution in [2.45, 2.75) is 26.4 Å². The zero-order chi connectivity index (χ0) is 17.8. The molecule has 1 aliphatic rings. The number of carbonyl (C=O) groups is 2. The first-order valence-corrected chi connectivity index (χ1v) is 8.12. The van der Waals surface area contributed by atoms with Gasteiger partial charge in [0.25, 0.3) is 5.91 Å². The number of rotatable bonds is 5. The van der Waals surface area contributed by atoms with E-state index in [1.165, 1.54) is 0 Å². The van der Waals surface area contributed by atoms with Gasteiger partial charge in [-0.25, -0.2) is 0 Å². The first-order valence-electron chi connectivity index (χ1n) is 8.12. The number of anilines is 2. The normalized spacial score (nSPS) is 12.8. The van der Waals surface area contributed by atoms with Gasteiger partial charge in [0.1, 0.15) is 11.5 Å². The van der Waals surface area contributed by atoms with Gasteiger partial charge in [-0.15, -0.1) is 0 Å². The molecule has 130 valence electrons. The number of carbonyl (C=O) groups excluding carboxylic acids is 2. The molecule has 0 aromatic heterocycles. The highest BCUT2D eigenvalue weighted by molar-refractivity contribution is 5.96. The number of fused-ring (bicyclic) bond motifs is 1. The highest BCUT2D eigenvalue weighted by atomic mass is 16.5. The van der Waals surface area contributed by atoms with E-state index in [0.29, 0.717) is 22.9 Å². The van der Waals surface area contributed by atoms with Crippen LogP contribution in [0, 0.1) is 0 Å². The lowest BCUT2D eigenvalue weighted by atomic mass is 10.1. The second-order valence-corrected chi connectivity index (χ2v) is 6.06. The van der Waals surface area contributed by atoms with Crippen molar-refractivity contribution in [2.24, 2.45) is 0 Å². The molecule has 2 amide bonds. The summed E-state index contributed by atoms with van der Waals surface area (Å²) in [4.78, 5) is 23.8. The second-order valence-electron chi connectivity index (χ2n) is 6.06. The maximum absolute atomic E-state index is 12.4. The molecule has 2 aromatic rings. The van der Waals surface area contributed by atoms with Crippen molar-refractivity contribution in [1.82, 2.24) is 0 Å². The van der Waals surface area contributed by atoms with E-state index in [1.54, 1.807) is 18.2 Å². The Bertz CT molecular complexity index is 802. The predicted molar refractivity (Wildman–Crippen MR) is 95.1 cm³/mol. The molecule has 1 heterocycles. The Hall–Kier alpha value is -3.02. The Morgan fingerprint density at radius 1 is 1.28 bits per heavy atom. The molecule has 0 spiro atoms. The fraction of sp³-hybridized carbons (Fsp3) is 0.263. The number of hydrogen-bond donors (Lipinski definition) is 2. The van der Waals surface area contributed by atoms with Crippen molar-refractivity contribution >= 4 is 23.2 Å². The lowest BCUT2D eigenvalue weighted by Crippen LogP contribution is -2.25. The summed E-state index contributed by atoms with van der Waals surface area (Å²) in [5.74, 6) is 0.882. The number of para-hydroxylation sites is 2. The van der Waals surface area contributed by atoms with E-state index in [9.17, 15) is 9.59 Å². The third-order valence-corrected chi connectivity index (χ3v) is 3.57. The zero-order valence-corrected chi connectivity index (χ0v) is 14.2. The quantitative estimate of drug-likeness (QED) is 0.877. The fourth-order valence-electron chi connectivity index (χ4n) is 2.55. The van der Waals surface area contributed by atoms with Crippen LogP contribution in [0.2, 0.25) is 0 Å². The Kier molecular flexibility index (Phi) is 4.88. The minimum Gasteiger partial charge on any atom is -0.489 e. The molecule has 0 fully saturated rings. The monoisotopic (exact) mass is 340 g/mol. The maximum atomic E-state index is 12.4. The van der Waals surface area contributed by atoms with Crippen molar-refractivity contribution < 1.29 is 19.1 Å². The number of nitrogens with one attached hydrogen (secondary N) is 2. The molecule has 0 radical (unpaired) electrons. The van der Waals surface area contributed by atoms with Crippen molar-refractivity contribution in [3.63, 3.8) is 0 Å². The summed E-state index contributed by atoms with van der Waals surface area (Å²) < 4.78 is 11.0. The summed E-state index contributed by atoms with van der Waals surface area (Å²) in [5, 5.41) is 5.61. The van der Waals surface area contributed by atoms with Gasteiger partial charge in [-0.1, -0.05) is 18.2 Å². The second kappa shape index (κ2) is 7.25. The Morgan fingerprint density at radius 3 is 2.88 bits per heavy atom. The first-order chi connectivity index (χ1) is 12.0. The van der Waals surface area contributed by atoms with Crippen molar-refractivity contribution in [3.05, 3.63) is 48.0 Å². The Labute approximate surface area is 146 Å². The molecule has 0 unspecified atom stereocenters. The molecular formula is C19H20N2O4. The number of ether oxygens (including phenoxy) is 2. The van der Waals surface area contributed by atoms with Crippen LogP contribution in [-0.2, 0) is 16.0 Å². The lowest BCUT2D eigenvalue weighted by molar-refractivity contribution is -0.118. The molecule has 0 saturated heterocycles.